The third kappa shape index (κ3) is 4.73. The normalized spacial score (nSPS) is 14.8. The molecule has 1 saturated heterocycles. The molecule has 1 aliphatic heterocycles. The van der Waals surface area contributed by atoms with E-state index >= 15 is 0 Å². The number of rotatable bonds is 6. The van der Waals surface area contributed by atoms with E-state index in [9.17, 15) is 9.59 Å². The summed E-state index contributed by atoms with van der Waals surface area (Å²) >= 11 is 0. The van der Waals surface area contributed by atoms with Crippen LogP contribution in [0, 0.1) is 12.8 Å². The van der Waals surface area contributed by atoms with Crippen molar-refractivity contribution in [1.82, 2.24) is 9.80 Å². The molecule has 0 radical (unpaired) electrons. The molecule has 0 aliphatic carbocycles. The fourth-order valence-corrected chi connectivity index (χ4v) is 3.01. The van der Waals surface area contributed by atoms with E-state index < -0.39 is 0 Å². The standard InChI is InChI=1S/C19H28N2O3/c1-4-16(5-2)19(23)21-11-9-20(10-12-21)18(22)14-24-17-8-6-7-15(3)13-17/h6-8,13,16H,4-5,9-12,14H2,1-3H3. The fourth-order valence-electron chi connectivity index (χ4n) is 3.01. The second-order valence-electron chi connectivity index (χ2n) is 6.32. The maximum absolute atomic E-state index is 12.4. The second-order valence-corrected chi connectivity index (χ2v) is 6.32. The number of nitrogens with zero attached hydrogens (tertiary/aromatic N) is 2. The number of aryl methyl sites for hydroxylation is 1. The molecule has 0 bridgehead atoms. The van der Waals surface area contributed by atoms with E-state index in [1.165, 1.54) is 0 Å². The fraction of sp³-hybridized carbons (Fsp3) is 0.579. The van der Waals surface area contributed by atoms with Crippen molar-refractivity contribution in [3.8, 4) is 5.75 Å². The van der Waals surface area contributed by atoms with Crippen LogP contribution >= 0.6 is 0 Å². The summed E-state index contributed by atoms with van der Waals surface area (Å²) in [6.45, 7) is 8.54. The number of carbonyl (C=O) groups is 2. The van der Waals surface area contributed by atoms with E-state index in [2.05, 4.69) is 13.8 Å². The lowest BCUT2D eigenvalue weighted by molar-refractivity contribution is -0.143. The Morgan fingerprint density at radius 1 is 1.08 bits per heavy atom. The smallest absolute Gasteiger partial charge is 0.260 e. The molecule has 24 heavy (non-hydrogen) atoms. The van der Waals surface area contributed by atoms with Crippen LogP contribution in [-0.2, 0) is 9.59 Å². The zero-order valence-electron chi connectivity index (χ0n) is 15.0. The molecular weight excluding hydrogens is 304 g/mol. The van der Waals surface area contributed by atoms with Crippen molar-refractivity contribution in [2.45, 2.75) is 33.6 Å². The summed E-state index contributed by atoms with van der Waals surface area (Å²) < 4.78 is 5.58. The maximum atomic E-state index is 12.4. The third-order valence-corrected chi connectivity index (χ3v) is 4.63. The first-order valence-electron chi connectivity index (χ1n) is 8.81. The molecule has 1 heterocycles. The van der Waals surface area contributed by atoms with Gasteiger partial charge in [0.15, 0.2) is 6.61 Å². The minimum atomic E-state index is -0.0221. The average molecular weight is 332 g/mol. The van der Waals surface area contributed by atoms with Crippen molar-refractivity contribution in [3.05, 3.63) is 29.8 Å². The molecule has 0 unspecified atom stereocenters. The van der Waals surface area contributed by atoms with Crippen LogP contribution in [0.15, 0.2) is 24.3 Å². The Hall–Kier alpha value is -2.04. The zero-order valence-corrected chi connectivity index (χ0v) is 15.0. The van der Waals surface area contributed by atoms with E-state index in [1.807, 2.05) is 36.1 Å². The Morgan fingerprint density at radius 2 is 1.71 bits per heavy atom. The molecule has 2 rings (SSSR count). The lowest BCUT2D eigenvalue weighted by Crippen LogP contribution is -2.52. The van der Waals surface area contributed by atoms with Crippen molar-refractivity contribution in [2.75, 3.05) is 32.8 Å². The van der Waals surface area contributed by atoms with Crippen LogP contribution in [0.4, 0.5) is 0 Å². The molecule has 2 amide bonds. The van der Waals surface area contributed by atoms with Crippen molar-refractivity contribution < 1.29 is 14.3 Å². The molecule has 5 heteroatoms. The topological polar surface area (TPSA) is 49.9 Å². The molecule has 0 aromatic heterocycles. The Balaban J connectivity index is 1.79. The number of piperazine rings is 1. The molecule has 0 saturated carbocycles. The molecule has 1 aliphatic rings. The van der Waals surface area contributed by atoms with Gasteiger partial charge >= 0.3 is 0 Å². The third-order valence-electron chi connectivity index (χ3n) is 4.63. The summed E-state index contributed by atoms with van der Waals surface area (Å²) in [5, 5.41) is 0. The number of carbonyl (C=O) groups excluding carboxylic acids is 2. The highest BCUT2D eigenvalue weighted by Crippen LogP contribution is 2.15. The van der Waals surface area contributed by atoms with Crippen molar-refractivity contribution in [3.63, 3.8) is 0 Å². The van der Waals surface area contributed by atoms with E-state index in [0.717, 1.165) is 18.4 Å². The summed E-state index contributed by atoms with van der Waals surface area (Å²) in [6.07, 6.45) is 1.75. The van der Waals surface area contributed by atoms with Gasteiger partial charge in [-0.2, -0.15) is 0 Å². The van der Waals surface area contributed by atoms with Crippen LogP contribution in [0.2, 0.25) is 0 Å². The molecule has 1 aromatic carbocycles. The number of amides is 2. The van der Waals surface area contributed by atoms with Gasteiger partial charge in [-0.05, 0) is 37.5 Å². The number of hydrogen-bond acceptors (Lipinski definition) is 3. The first-order valence-corrected chi connectivity index (χ1v) is 8.81. The van der Waals surface area contributed by atoms with Crippen LogP contribution in [0.1, 0.15) is 32.3 Å². The van der Waals surface area contributed by atoms with Crippen LogP contribution in [0.3, 0.4) is 0 Å². The zero-order chi connectivity index (χ0) is 17.5. The van der Waals surface area contributed by atoms with Gasteiger partial charge in [-0.15, -0.1) is 0 Å². The van der Waals surface area contributed by atoms with Crippen LogP contribution in [0.5, 0.6) is 5.75 Å². The minimum absolute atomic E-state index is 0.0221. The van der Waals surface area contributed by atoms with Crippen LogP contribution in [0.25, 0.3) is 0 Å². The molecule has 132 valence electrons. The first kappa shape index (κ1) is 18.3. The summed E-state index contributed by atoms with van der Waals surface area (Å²) in [6, 6.07) is 7.67. The van der Waals surface area contributed by atoms with E-state index in [4.69, 9.17) is 4.74 Å². The predicted molar refractivity (Wildman–Crippen MR) is 93.9 cm³/mol. The van der Waals surface area contributed by atoms with Crippen molar-refractivity contribution in [2.24, 2.45) is 5.92 Å². The molecule has 5 nitrogen and oxygen atoms in total. The Kier molecular flexibility index (Phi) is 6.64. The summed E-state index contributed by atoms with van der Waals surface area (Å²) in [5.74, 6) is 1.03. The van der Waals surface area contributed by atoms with Gasteiger partial charge < -0.3 is 14.5 Å². The van der Waals surface area contributed by atoms with Gasteiger partial charge in [0.2, 0.25) is 5.91 Å². The largest absolute Gasteiger partial charge is 0.484 e. The second kappa shape index (κ2) is 8.71. The van der Waals surface area contributed by atoms with Crippen LogP contribution in [-0.4, -0.2) is 54.4 Å². The molecular formula is C19H28N2O3. The lowest BCUT2D eigenvalue weighted by Gasteiger charge is -2.36. The summed E-state index contributed by atoms with van der Waals surface area (Å²) in [4.78, 5) is 28.3. The number of benzene rings is 1. The molecule has 0 atom stereocenters. The van der Waals surface area contributed by atoms with Gasteiger partial charge in [-0.1, -0.05) is 26.0 Å². The number of hydrogen-bond donors (Lipinski definition) is 0. The Labute approximate surface area is 144 Å². The molecule has 0 spiro atoms. The van der Waals surface area contributed by atoms with E-state index in [0.29, 0.717) is 31.9 Å². The molecule has 0 N–H and O–H groups in total. The number of ether oxygens (including phenoxy) is 1. The average Bonchev–Trinajstić information content (AvgIpc) is 2.61. The highest BCUT2D eigenvalue weighted by atomic mass is 16.5. The minimum Gasteiger partial charge on any atom is -0.484 e. The quantitative estimate of drug-likeness (QED) is 0.804. The van der Waals surface area contributed by atoms with E-state index in [1.54, 1.807) is 4.90 Å². The Morgan fingerprint density at radius 3 is 2.29 bits per heavy atom. The van der Waals surface area contributed by atoms with Gasteiger partial charge in [-0.3, -0.25) is 9.59 Å². The summed E-state index contributed by atoms with van der Waals surface area (Å²) in [7, 11) is 0. The van der Waals surface area contributed by atoms with E-state index in [-0.39, 0.29) is 24.3 Å². The van der Waals surface area contributed by atoms with Gasteiger partial charge in [0.05, 0.1) is 0 Å². The van der Waals surface area contributed by atoms with Gasteiger partial charge in [0.25, 0.3) is 5.91 Å². The van der Waals surface area contributed by atoms with Crippen molar-refractivity contribution >= 4 is 11.8 Å². The Bertz CT molecular complexity index is 561. The first-order chi connectivity index (χ1) is 11.5. The SMILES string of the molecule is CCC(CC)C(=O)N1CCN(C(=O)COc2cccc(C)c2)CC1. The highest BCUT2D eigenvalue weighted by Gasteiger charge is 2.27. The van der Waals surface area contributed by atoms with Gasteiger partial charge in [0.1, 0.15) is 5.75 Å². The van der Waals surface area contributed by atoms with Crippen LogP contribution < -0.4 is 4.74 Å². The van der Waals surface area contributed by atoms with Gasteiger partial charge in [0, 0.05) is 32.1 Å². The van der Waals surface area contributed by atoms with Crippen molar-refractivity contribution in [1.29, 1.82) is 0 Å². The predicted octanol–water partition coefficient (Wildman–Crippen LogP) is 2.48. The lowest BCUT2D eigenvalue weighted by atomic mass is 10.0. The van der Waals surface area contributed by atoms with Gasteiger partial charge in [-0.25, -0.2) is 0 Å². The molecule has 1 aromatic rings. The molecule has 1 fully saturated rings. The monoisotopic (exact) mass is 332 g/mol. The summed E-state index contributed by atoms with van der Waals surface area (Å²) in [5.41, 5.74) is 1.11. The highest BCUT2D eigenvalue weighted by molar-refractivity contribution is 5.80. The maximum Gasteiger partial charge on any atom is 0.260 e.